The zero-order chi connectivity index (χ0) is 20.5. The summed E-state index contributed by atoms with van der Waals surface area (Å²) in [6.45, 7) is -0.241. The topological polar surface area (TPSA) is 92.5 Å². The first-order valence-corrected chi connectivity index (χ1v) is 9.50. The highest BCUT2D eigenvalue weighted by atomic mass is 32.1. The first-order chi connectivity index (χ1) is 13.9. The van der Waals surface area contributed by atoms with Crippen LogP contribution in [0.5, 0.6) is 0 Å². The number of fused-ring (bicyclic) bond motifs is 1. The fraction of sp³-hybridized carbons (Fsp3) is 0.100. The van der Waals surface area contributed by atoms with Crippen molar-refractivity contribution in [3.8, 4) is 0 Å². The second kappa shape index (κ2) is 7.44. The summed E-state index contributed by atoms with van der Waals surface area (Å²) in [6.07, 6.45) is 0. The van der Waals surface area contributed by atoms with Crippen molar-refractivity contribution in [3.05, 3.63) is 91.9 Å². The van der Waals surface area contributed by atoms with Crippen LogP contribution >= 0.6 is 11.3 Å². The van der Waals surface area contributed by atoms with Gasteiger partial charge in [-0.05, 0) is 41.8 Å². The summed E-state index contributed by atoms with van der Waals surface area (Å²) in [5.74, 6) is -1.37. The van der Waals surface area contributed by atoms with Crippen molar-refractivity contribution in [1.82, 2.24) is 4.90 Å². The van der Waals surface area contributed by atoms with E-state index in [1.807, 2.05) is 17.5 Å². The fourth-order valence-corrected chi connectivity index (χ4v) is 4.17. The van der Waals surface area contributed by atoms with E-state index in [9.17, 15) is 24.1 Å². The summed E-state index contributed by atoms with van der Waals surface area (Å²) in [4.78, 5) is 38.2. The largest absolute Gasteiger partial charge is 0.324 e. The Morgan fingerprint density at radius 2 is 1.97 bits per heavy atom. The van der Waals surface area contributed by atoms with E-state index in [0.29, 0.717) is 11.3 Å². The summed E-state index contributed by atoms with van der Waals surface area (Å²) in [5.41, 5.74) is 0.963. The highest BCUT2D eigenvalue weighted by Crippen LogP contribution is 2.38. The lowest BCUT2D eigenvalue weighted by molar-refractivity contribution is -0.384. The quantitative estimate of drug-likeness (QED) is 0.521. The third-order valence-electron chi connectivity index (χ3n) is 4.61. The molecule has 0 bridgehead atoms. The van der Waals surface area contributed by atoms with Crippen LogP contribution in [0, 0.1) is 15.9 Å². The van der Waals surface area contributed by atoms with Crippen LogP contribution in [0.15, 0.2) is 60.0 Å². The monoisotopic (exact) mass is 411 g/mol. The predicted octanol–water partition coefficient (Wildman–Crippen LogP) is 3.98. The van der Waals surface area contributed by atoms with Gasteiger partial charge in [0, 0.05) is 33.8 Å². The number of benzene rings is 2. The van der Waals surface area contributed by atoms with Crippen LogP contribution in [0.3, 0.4) is 0 Å². The number of nitrogens with one attached hydrogen (secondary N) is 1. The maximum absolute atomic E-state index is 14.0. The van der Waals surface area contributed by atoms with E-state index in [0.717, 1.165) is 4.88 Å². The van der Waals surface area contributed by atoms with Crippen LogP contribution in [0.4, 0.5) is 15.8 Å². The summed E-state index contributed by atoms with van der Waals surface area (Å²) in [7, 11) is 0. The lowest BCUT2D eigenvalue weighted by Crippen LogP contribution is -2.38. The van der Waals surface area contributed by atoms with Crippen LogP contribution < -0.4 is 5.32 Å². The number of amides is 2. The first-order valence-electron chi connectivity index (χ1n) is 8.62. The van der Waals surface area contributed by atoms with E-state index in [4.69, 9.17) is 0 Å². The van der Waals surface area contributed by atoms with Crippen LogP contribution in [0.1, 0.15) is 26.8 Å². The number of anilines is 1. The molecule has 2 aromatic carbocycles. The molecule has 2 heterocycles. The Labute approximate surface area is 168 Å². The number of thiophene rings is 1. The molecule has 0 spiro atoms. The third kappa shape index (κ3) is 3.59. The van der Waals surface area contributed by atoms with Crippen molar-refractivity contribution in [2.45, 2.75) is 6.04 Å². The molecule has 1 N–H and O–H groups in total. The molecule has 1 unspecified atom stereocenters. The van der Waals surface area contributed by atoms with E-state index in [1.54, 1.807) is 0 Å². The summed E-state index contributed by atoms with van der Waals surface area (Å²) in [5, 5.41) is 15.4. The Bertz CT molecular complexity index is 1100. The van der Waals surface area contributed by atoms with Gasteiger partial charge in [-0.2, -0.15) is 0 Å². The number of hydrogen-bond donors (Lipinski definition) is 1. The van der Waals surface area contributed by atoms with Gasteiger partial charge < -0.3 is 10.2 Å². The zero-order valence-corrected chi connectivity index (χ0v) is 15.7. The Morgan fingerprint density at radius 3 is 2.62 bits per heavy atom. The van der Waals surface area contributed by atoms with Crippen molar-refractivity contribution >= 4 is 34.5 Å². The second-order valence-electron chi connectivity index (χ2n) is 6.43. The molecule has 0 aliphatic carbocycles. The van der Waals surface area contributed by atoms with Gasteiger partial charge in [0.05, 0.1) is 11.0 Å². The van der Waals surface area contributed by atoms with Crippen LogP contribution in [0.2, 0.25) is 0 Å². The Balaban J connectivity index is 1.82. The van der Waals surface area contributed by atoms with E-state index < -0.39 is 28.6 Å². The van der Waals surface area contributed by atoms with Crippen molar-refractivity contribution < 1.29 is 18.9 Å². The van der Waals surface area contributed by atoms with Gasteiger partial charge in [0.25, 0.3) is 11.6 Å². The van der Waals surface area contributed by atoms with Gasteiger partial charge >= 0.3 is 0 Å². The van der Waals surface area contributed by atoms with Gasteiger partial charge in [0.2, 0.25) is 5.91 Å². The lowest BCUT2D eigenvalue weighted by atomic mass is 10.0. The highest BCUT2D eigenvalue weighted by Gasteiger charge is 2.34. The SMILES string of the molecule is O=C1CN(C(=O)c2ccc([N+](=O)[O-])cc2)C(c2cccs2)c2cc(F)ccc2N1. The van der Waals surface area contributed by atoms with Gasteiger partial charge in [-0.3, -0.25) is 19.7 Å². The smallest absolute Gasteiger partial charge is 0.269 e. The number of nitro benzene ring substituents is 1. The minimum absolute atomic E-state index is 0.141. The van der Waals surface area contributed by atoms with Gasteiger partial charge in [-0.15, -0.1) is 11.3 Å². The van der Waals surface area contributed by atoms with Crippen LogP contribution in [0.25, 0.3) is 0 Å². The van der Waals surface area contributed by atoms with E-state index in [1.165, 1.54) is 58.7 Å². The van der Waals surface area contributed by atoms with Crippen molar-refractivity contribution in [3.63, 3.8) is 0 Å². The average molecular weight is 411 g/mol. The maximum Gasteiger partial charge on any atom is 0.269 e. The summed E-state index contributed by atoms with van der Waals surface area (Å²) in [6, 6.07) is 12.1. The molecule has 0 saturated heterocycles. The molecule has 0 fully saturated rings. The minimum Gasteiger partial charge on any atom is -0.324 e. The minimum atomic E-state index is -0.678. The number of nitrogens with zero attached hydrogens (tertiary/aromatic N) is 2. The second-order valence-corrected chi connectivity index (χ2v) is 7.41. The van der Waals surface area contributed by atoms with E-state index in [2.05, 4.69) is 5.32 Å². The fourth-order valence-electron chi connectivity index (χ4n) is 3.31. The zero-order valence-electron chi connectivity index (χ0n) is 14.9. The highest BCUT2D eigenvalue weighted by molar-refractivity contribution is 7.10. The molecule has 7 nitrogen and oxygen atoms in total. The van der Waals surface area contributed by atoms with Crippen LogP contribution in [-0.2, 0) is 4.79 Å². The number of carbonyl (C=O) groups is 2. The standard InChI is InChI=1S/C20H14FN3O4S/c21-13-5-8-16-15(10-13)19(17-2-1-9-29-17)23(11-18(25)22-16)20(26)12-3-6-14(7-4-12)24(27)28/h1-10,19H,11H2,(H,22,25). The predicted molar refractivity (Wildman–Crippen MR) is 105 cm³/mol. The molecule has 1 aliphatic heterocycles. The molecule has 1 atom stereocenters. The summed E-state index contributed by atoms with van der Waals surface area (Å²) < 4.78 is 14.0. The number of halogens is 1. The van der Waals surface area contributed by atoms with Crippen molar-refractivity contribution in [1.29, 1.82) is 0 Å². The number of nitro groups is 1. The number of non-ortho nitro benzene ring substituents is 1. The van der Waals surface area contributed by atoms with Gasteiger partial charge in [-0.25, -0.2) is 4.39 Å². The molecule has 146 valence electrons. The van der Waals surface area contributed by atoms with Crippen molar-refractivity contribution in [2.24, 2.45) is 0 Å². The third-order valence-corrected chi connectivity index (χ3v) is 5.53. The molecular weight excluding hydrogens is 397 g/mol. The summed E-state index contributed by atoms with van der Waals surface area (Å²) >= 11 is 1.39. The Morgan fingerprint density at radius 1 is 1.21 bits per heavy atom. The molecule has 1 aromatic heterocycles. The number of carbonyl (C=O) groups excluding carboxylic acids is 2. The molecule has 29 heavy (non-hydrogen) atoms. The van der Waals surface area contributed by atoms with Crippen LogP contribution in [-0.4, -0.2) is 28.2 Å². The Hall–Kier alpha value is -3.59. The van der Waals surface area contributed by atoms with Crippen molar-refractivity contribution in [2.75, 3.05) is 11.9 Å². The Kier molecular flexibility index (Phi) is 4.81. The average Bonchev–Trinajstić information content (AvgIpc) is 3.18. The molecule has 0 saturated carbocycles. The van der Waals surface area contributed by atoms with Gasteiger partial charge in [0.15, 0.2) is 0 Å². The molecule has 0 radical (unpaired) electrons. The molecule has 3 aromatic rings. The first kappa shape index (κ1) is 18.8. The van der Waals surface area contributed by atoms with E-state index in [-0.39, 0.29) is 17.8 Å². The number of rotatable bonds is 3. The molecule has 1 aliphatic rings. The maximum atomic E-state index is 14.0. The van der Waals surface area contributed by atoms with Gasteiger partial charge in [-0.1, -0.05) is 6.07 Å². The van der Waals surface area contributed by atoms with E-state index >= 15 is 0 Å². The van der Waals surface area contributed by atoms with Gasteiger partial charge in [0.1, 0.15) is 12.4 Å². The molecule has 4 rings (SSSR count). The normalized spacial score (nSPS) is 16.0. The molecular formula is C20H14FN3O4S. The molecule has 2 amide bonds. The molecule has 9 heteroatoms. The lowest BCUT2D eigenvalue weighted by Gasteiger charge is -2.29. The number of hydrogen-bond acceptors (Lipinski definition) is 5.